The SMILES string of the molecule is O=C(CCN1C(=O)c2ccccc2C1=O)NNC(=O)c1cc2c(s1)CCCCC2. The van der Waals surface area contributed by atoms with Crippen molar-refractivity contribution in [2.75, 3.05) is 6.54 Å². The van der Waals surface area contributed by atoms with E-state index >= 15 is 0 Å². The minimum atomic E-state index is -0.465. The first kappa shape index (κ1) is 19.3. The van der Waals surface area contributed by atoms with Crippen molar-refractivity contribution in [3.05, 3.63) is 56.8 Å². The summed E-state index contributed by atoms with van der Waals surface area (Å²) in [5, 5.41) is 0. The molecule has 8 heteroatoms. The molecule has 0 atom stereocenters. The van der Waals surface area contributed by atoms with Gasteiger partial charge in [0, 0.05) is 17.8 Å². The van der Waals surface area contributed by atoms with Gasteiger partial charge >= 0.3 is 0 Å². The number of amides is 4. The second-order valence-corrected chi connectivity index (χ2v) is 8.32. The quantitative estimate of drug-likeness (QED) is 0.459. The Morgan fingerprint density at radius 3 is 2.38 bits per heavy atom. The van der Waals surface area contributed by atoms with Gasteiger partial charge in [0.25, 0.3) is 17.7 Å². The molecule has 2 N–H and O–H groups in total. The van der Waals surface area contributed by atoms with E-state index in [0.29, 0.717) is 16.0 Å². The molecular weight excluding hydrogens is 390 g/mol. The Labute approximate surface area is 172 Å². The molecule has 150 valence electrons. The molecule has 1 aromatic heterocycles. The highest BCUT2D eigenvalue weighted by Crippen LogP contribution is 2.28. The molecule has 2 heterocycles. The van der Waals surface area contributed by atoms with E-state index in [4.69, 9.17) is 0 Å². The van der Waals surface area contributed by atoms with Crippen molar-refractivity contribution in [3.63, 3.8) is 0 Å². The summed E-state index contributed by atoms with van der Waals surface area (Å²) in [6.45, 7) is -0.0403. The Hall–Kier alpha value is -3.00. The molecule has 1 aromatic carbocycles. The molecule has 29 heavy (non-hydrogen) atoms. The summed E-state index contributed by atoms with van der Waals surface area (Å²) >= 11 is 1.47. The van der Waals surface area contributed by atoms with Crippen LogP contribution in [0.1, 0.15) is 66.5 Å². The van der Waals surface area contributed by atoms with E-state index < -0.39 is 17.7 Å². The van der Waals surface area contributed by atoms with E-state index in [0.717, 1.165) is 30.6 Å². The highest BCUT2D eigenvalue weighted by molar-refractivity contribution is 7.14. The fraction of sp³-hybridized carbons (Fsp3) is 0.333. The average molecular weight is 411 g/mol. The van der Waals surface area contributed by atoms with Crippen LogP contribution in [0.5, 0.6) is 0 Å². The van der Waals surface area contributed by atoms with Crippen LogP contribution in [0.15, 0.2) is 30.3 Å². The first-order valence-electron chi connectivity index (χ1n) is 9.70. The lowest BCUT2D eigenvalue weighted by Gasteiger charge is -2.13. The molecule has 0 unspecified atom stereocenters. The largest absolute Gasteiger partial charge is 0.279 e. The summed E-state index contributed by atoms with van der Waals surface area (Å²) in [5.41, 5.74) is 6.72. The summed E-state index contributed by atoms with van der Waals surface area (Å²) in [7, 11) is 0. The molecule has 4 rings (SSSR count). The van der Waals surface area contributed by atoms with Crippen LogP contribution in [0.2, 0.25) is 0 Å². The third kappa shape index (κ3) is 3.93. The zero-order valence-corrected chi connectivity index (χ0v) is 16.6. The number of nitrogens with zero attached hydrogens (tertiary/aromatic N) is 1. The topological polar surface area (TPSA) is 95.6 Å². The Bertz CT molecular complexity index is 939. The Balaban J connectivity index is 1.28. The van der Waals surface area contributed by atoms with Gasteiger partial charge < -0.3 is 0 Å². The van der Waals surface area contributed by atoms with Gasteiger partial charge in [0.15, 0.2) is 0 Å². The van der Waals surface area contributed by atoms with Gasteiger partial charge in [-0.3, -0.25) is 34.9 Å². The van der Waals surface area contributed by atoms with E-state index in [2.05, 4.69) is 10.9 Å². The monoisotopic (exact) mass is 411 g/mol. The summed E-state index contributed by atoms with van der Waals surface area (Å²) in [5.74, 6) is -1.62. The van der Waals surface area contributed by atoms with Crippen LogP contribution in [0.25, 0.3) is 0 Å². The van der Waals surface area contributed by atoms with E-state index in [-0.39, 0.29) is 18.9 Å². The molecule has 2 aromatic rings. The van der Waals surface area contributed by atoms with Crippen molar-refractivity contribution in [1.82, 2.24) is 15.8 Å². The minimum Gasteiger partial charge on any atom is -0.274 e. The number of thiophene rings is 1. The number of fused-ring (bicyclic) bond motifs is 2. The van der Waals surface area contributed by atoms with Crippen molar-refractivity contribution in [2.24, 2.45) is 0 Å². The number of nitrogens with one attached hydrogen (secondary N) is 2. The number of carbonyl (C=O) groups is 4. The van der Waals surface area contributed by atoms with E-state index in [1.807, 2.05) is 6.07 Å². The van der Waals surface area contributed by atoms with Gasteiger partial charge in [0.05, 0.1) is 16.0 Å². The predicted molar refractivity (Wildman–Crippen MR) is 108 cm³/mol. The average Bonchev–Trinajstić information content (AvgIpc) is 3.15. The van der Waals surface area contributed by atoms with Gasteiger partial charge in [0.1, 0.15) is 0 Å². The molecular formula is C21H21N3O4S. The van der Waals surface area contributed by atoms with Crippen LogP contribution < -0.4 is 10.9 Å². The molecule has 1 aliphatic heterocycles. The predicted octanol–water partition coefficient (Wildman–Crippen LogP) is 2.46. The molecule has 2 aliphatic rings. The first-order valence-corrected chi connectivity index (χ1v) is 10.5. The molecule has 1 aliphatic carbocycles. The Kier molecular flexibility index (Phi) is 5.44. The third-order valence-corrected chi connectivity index (χ3v) is 6.46. The van der Waals surface area contributed by atoms with E-state index in [1.165, 1.54) is 28.2 Å². The minimum absolute atomic E-state index is 0.0403. The molecule has 4 amide bonds. The lowest BCUT2D eigenvalue weighted by molar-refractivity contribution is -0.121. The maximum Gasteiger partial charge on any atom is 0.279 e. The van der Waals surface area contributed by atoms with E-state index in [9.17, 15) is 19.2 Å². The van der Waals surface area contributed by atoms with Gasteiger partial charge in [-0.05, 0) is 49.4 Å². The van der Waals surface area contributed by atoms with Crippen LogP contribution in [-0.4, -0.2) is 35.1 Å². The third-order valence-electron chi connectivity index (χ3n) is 5.23. The molecule has 0 bridgehead atoms. The van der Waals surface area contributed by atoms with Crippen LogP contribution in [0.3, 0.4) is 0 Å². The van der Waals surface area contributed by atoms with Gasteiger partial charge in [-0.25, -0.2) is 0 Å². The lowest BCUT2D eigenvalue weighted by Crippen LogP contribution is -2.43. The van der Waals surface area contributed by atoms with Crippen LogP contribution in [0.4, 0.5) is 0 Å². The Morgan fingerprint density at radius 1 is 0.966 bits per heavy atom. The maximum absolute atomic E-state index is 12.3. The van der Waals surface area contributed by atoms with Crippen molar-refractivity contribution in [2.45, 2.75) is 38.5 Å². The molecule has 0 spiro atoms. The fourth-order valence-electron chi connectivity index (χ4n) is 3.69. The number of hydrogen-bond donors (Lipinski definition) is 2. The number of rotatable bonds is 4. The van der Waals surface area contributed by atoms with Crippen LogP contribution in [-0.2, 0) is 17.6 Å². The summed E-state index contributed by atoms with van der Waals surface area (Å²) in [4.78, 5) is 51.9. The number of hydrazine groups is 1. The number of carbonyl (C=O) groups excluding carboxylic acids is 4. The van der Waals surface area contributed by atoms with Gasteiger partial charge in [-0.1, -0.05) is 18.6 Å². The second kappa shape index (κ2) is 8.16. The molecule has 7 nitrogen and oxygen atoms in total. The first-order chi connectivity index (χ1) is 14.0. The highest BCUT2D eigenvalue weighted by atomic mass is 32.1. The lowest BCUT2D eigenvalue weighted by atomic mass is 10.1. The summed E-state index contributed by atoms with van der Waals surface area (Å²) in [6.07, 6.45) is 5.40. The molecule has 0 saturated carbocycles. The number of aryl methyl sites for hydroxylation is 2. The smallest absolute Gasteiger partial charge is 0.274 e. The van der Waals surface area contributed by atoms with Crippen LogP contribution >= 0.6 is 11.3 Å². The fourth-order valence-corrected chi connectivity index (χ4v) is 4.83. The number of hydrogen-bond acceptors (Lipinski definition) is 5. The summed E-state index contributed by atoms with van der Waals surface area (Å²) < 4.78 is 0. The summed E-state index contributed by atoms with van der Waals surface area (Å²) in [6, 6.07) is 8.49. The maximum atomic E-state index is 12.3. The molecule has 0 radical (unpaired) electrons. The zero-order chi connectivity index (χ0) is 20.4. The Morgan fingerprint density at radius 2 is 1.66 bits per heavy atom. The second-order valence-electron chi connectivity index (χ2n) is 7.18. The van der Waals surface area contributed by atoms with Gasteiger partial charge in [0.2, 0.25) is 5.91 Å². The molecule has 0 saturated heterocycles. The van der Waals surface area contributed by atoms with Crippen molar-refractivity contribution >= 4 is 35.0 Å². The van der Waals surface area contributed by atoms with Crippen molar-refractivity contribution < 1.29 is 19.2 Å². The normalized spacial score (nSPS) is 15.5. The van der Waals surface area contributed by atoms with Gasteiger partial charge in [-0.15, -0.1) is 11.3 Å². The van der Waals surface area contributed by atoms with Gasteiger partial charge in [-0.2, -0.15) is 0 Å². The molecule has 0 fully saturated rings. The number of imide groups is 1. The zero-order valence-electron chi connectivity index (χ0n) is 15.8. The number of benzene rings is 1. The standard InChI is InChI=1S/C21H21N3O4S/c25-18(10-11-24-20(27)14-7-4-5-8-15(14)21(24)28)22-23-19(26)17-12-13-6-2-1-3-9-16(13)29-17/h4-5,7-8,12H,1-3,6,9-11H2,(H,22,25)(H,23,26). The highest BCUT2D eigenvalue weighted by Gasteiger charge is 2.35. The van der Waals surface area contributed by atoms with E-state index in [1.54, 1.807) is 24.3 Å². The van der Waals surface area contributed by atoms with Crippen molar-refractivity contribution in [3.8, 4) is 0 Å². The van der Waals surface area contributed by atoms with Crippen LogP contribution in [0, 0.1) is 0 Å². The van der Waals surface area contributed by atoms with Crippen molar-refractivity contribution in [1.29, 1.82) is 0 Å².